The van der Waals surface area contributed by atoms with Crippen molar-refractivity contribution in [3.05, 3.63) is 0 Å². The van der Waals surface area contributed by atoms with E-state index in [2.05, 4.69) is 24.2 Å². The van der Waals surface area contributed by atoms with E-state index in [9.17, 15) is 0 Å². The molecule has 1 saturated carbocycles. The normalized spacial score (nSPS) is 37.5. The smallest absolute Gasteiger partial charge is 0.0104 e. The van der Waals surface area contributed by atoms with Crippen LogP contribution in [0.15, 0.2) is 0 Å². The van der Waals surface area contributed by atoms with E-state index < -0.39 is 0 Å². The van der Waals surface area contributed by atoms with Gasteiger partial charge in [0.2, 0.25) is 0 Å². The van der Waals surface area contributed by atoms with Crippen molar-refractivity contribution in [1.82, 2.24) is 10.2 Å². The summed E-state index contributed by atoms with van der Waals surface area (Å²) in [5, 5.41) is 3.55. The summed E-state index contributed by atoms with van der Waals surface area (Å²) >= 11 is 0. The van der Waals surface area contributed by atoms with Crippen molar-refractivity contribution in [2.45, 2.75) is 51.5 Å². The molecule has 0 aromatic carbocycles. The number of hydrogen-bond donors (Lipinski definition) is 1. The molecule has 1 aliphatic carbocycles. The highest BCUT2D eigenvalue weighted by Gasteiger charge is 2.27. The molecule has 0 aromatic rings. The highest BCUT2D eigenvalue weighted by Crippen LogP contribution is 2.26. The minimum absolute atomic E-state index is 0.776. The summed E-state index contributed by atoms with van der Waals surface area (Å²) in [4.78, 5) is 2.70. The minimum Gasteiger partial charge on any atom is -0.317 e. The fraction of sp³-hybridized carbons (Fsp3) is 1.00. The van der Waals surface area contributed by atoms with E-state index in [0.29, 0.717) is 0 Å². The summed E-state index contributed by atoms with van der Waals surface area (Å²) in [6, 6.07) is 0.776. The molecular weight excluding hydrogens is 196 g/mol. The van der Waals surface area contributed by atoms with Gasteiger partial charge < -0.3 is 10.2 Å². The predicted octanol–water partition coefficient (Wildman–Crippen LogP) is 2.50. The molecule has 1 N–H and O–H groups in total. The van der Waals surface area contributed by atoms with Gasteiger partial charge in [0.25, 0.3) is 0 Å². The van der Waals surface area contributed by atoms with Gasteiger partial charge in [0.15, 0.2) is 0 Å². The summed E-state index contributed by atoms with van der Waals surface area (Å²) in [6.45, 7) is 6.42. The van der Waals surface area contributed by atoms with Gasteiger partial charge >= 0.3 is 0 Å². The lowest BCUT2D eigenvalue weighted by atomic mass is 9.94. The van der Waals surface area contributed by atoms with Crippen molar-refractivity contribution < 1.29 is 0 Å². The van der Waals surface area contributed by atoms with E-state index in [1.54, 1.807) is 0 Å². The molecule has 2 rings (SSSR count). The lowest BCUT2D eigenvalue weighted by molar-refractivity contribution is 0.225. The molecule has 0 spiro atoms. The molecule has 3 unspecified atom stereocenters. The first-order chi connectivity index (χ1) is 7.79. The zero-order valence-corrected chi connectivity index (χ0v) is 11.0. The van der Waals surface area contributed by atoms with E-state index in [4.69, 9.17) is 0 Å². The predicted molar refractivity (Wildman–Crippen MR) is 69.6 cm³/mol. The molecule has 16 heavy (non-hydrogen) atoms. The van der Waals surface area contributed by atoms with E-state index >= 15 is 0 Å². The third kappa shape index (κ3) is 3.21. The third-order valence-electron chi connectivity index (χ3n) is 4.53. The average molecular weight is 224 g/mol. The largest absolute Gasteiger partial charge is 0.317 e. The van der Waals surface area contributed by atoms with Gasteiger partial charge in [-0.05, 0) is 44.7 Å². The first-order valence-electron chi connectivity index (χ1n) is 7.19. The van der Waals surface area contributed by atoms with Crippen LogP contribution in [0.2, 0.25) is 0 Å². The van der Waals surface area contributed by atoms with Crippen LogP contribution in [0.5, 0.6) is 0 Å². The Morgan fingerprint density at radius 2 is 1.94 bits per heavy atom. The average Bonchev–Trinajstić information content (AvgIpc) is 2.56. The van der Waals surface area contributed by atoms with Gasteiger partial charge in [-0.25, -0.2) is 0 Å². The van der Waals surface area contributed by atoms with E-state index in [-0.39, 0.29) is 0 Å². The molecule has 3 atom stereocenters. The molecule has 2 aliphatic rings. The van der Waals surface area contributed by atoms with E-state index in [1.807, 2.05) is 0 Å². The van der Waals surface area contributed by atoms with Crippen LogP contribution in [-0.4, -0.2) is 37.6 Å². The zero-order chi connectivity index (χ0) is 11.4. The Labute approximate surface area is 101 Å². The van der Waals surface area contributed by atoms with Crippen molar-refractivity contribution >= 4 is 0 Å². The summed E-state index contributed by atoms with van der Waals surface area (Å²) < 4.78 is 0. The molecule has 1 saturated heterocycles. The van der Waals surface area contributed by atoms with Gasteiger partial charge in [-0.2, -0.15) is 0 Å². The second-order valence-corrected chi connectivity index (χ2v) is 5.95. The minimum atomic E-state index is 0.776. The zero-order valence-electron chi connectivity index (χ0n) is 11.0. The fourth-order valence-corrected chi connectivity index (χ4v) is 3.51. The second-order valence-electron chi connectivity index (χ2n) is 5.95. The van der Waals surface area contributed by atoms with Crippen LogP contribution in [0.1, 0.15) is 45.4 Å². The number of rotatable bonds is 3. The SMILES string of the molecule is CNC1CCCCCC1CN1CCC(C)C1. The van der Waals surface area contributed by atoms with Crippen LogP contribution in [0, 0.1) is 11.8 Å². The van der Waals surface area contributed by atoms with Crippen LogP contribution in [-0.2, 0) is 0 Å². The first-order valence-corrected chi connectivity index (χ1v) is 7.19. The van der Waals surface area contributed by atoms with Crippen molar-refractivity contribution in [2.75, 3.05) is 26.7 Å². The van der Waals surface area contributed by atoms with Gasteiger partial charge in [0.1, 0.15) is 0 Å². The van der Waals surface area contributed by atoms with Crippen LogP contribution < -0.4 is 5.32 Å². The lowest BCUT2D eigenvalue weighted by Gasteiger charge is -2.29. The van der Waals surface area contributed by atoms with Gasteiger partial charge in [0.05, 0.1) is 0 Å². The molecular formula is C14H28N2. The Morgan fingerprint density at radius 1 is 1.12 bits per heavy atom. The van der Waals surface area contributed by atoms with Crippen molar-refractivity contribution in [3.63, 3.8) is 0 Å². The number of nitrogens with zero attached hydrogens (tertiary/aromatic N) is 1. The maximum absolute atomic E-state index is 3.55. The highest BCUT2D eigenvalue weighted by molar-refractivity contribution is 4.83. The maximum Gasteiger partial charge on any atom is 0.0104 e. The second kappa shape index (κ2) is 6.02. The first kappa shape index (κ1) is 12.4. The summed E-state index contributed by atoms with van der Waals surface area (Å²) in [7, 11) is 2.15. The van der Waals surface area contributed by atoms with Gasteiger partial charge in [-0.15, -0.1) is 0 Å². The van der Waals surface area contributed by atoms with Crippen LogP contribution in [0.3, 0.4) is 0 Å². The Hall–Kier alpha value is -0.0800. The van der Waals surface area contributed by atoms with Gasteiger partial charge in [-0.3, -0.25) is 0 Å². The Morgan fingerprint density at radius 3 is 2.62 bits per heavy atom. The number of nitrogens with one attached hydrogen (secondary N) is 1. The molecule has 0 bridgehead atoms. The molecule has 0 amide bonds. The van der Waals surface area contributed by atoms with Crippen LogP contribution >= 0.6 is 0 Å². The van der Waals surface area contributed by atoms with Gasteiger partial charge in [-0.1, -0.05) is 26.2 Å². The molecule has 0 radical (unpaired) electrons. The molecule has 2 nitrogen and oxygen atoms in total. The topological polar surface area (TPSA) is 15.3 Å². The molecule has 2 fully saturated rings. The van der Waals surface area contributed by atoms with Crippen LogP contribution in [0.4, 0.5) is 0 Å². The summed E-state index contributed by atoms with van der Waals surface area (Å²) in [6.07, 6.45) is 8.58. The summed E-state index contributed by atoms with van der Waals surface area (Å²) in [5.41, 5.74) is 0. The van der Waals surface area contributed by atoms with E-state index in [1.165, 1.54) is 58.2 Å². The van der Waals surface area contributed by atoms with Crippen LogP contribution in [0.25, 0.3) is 0 Å². The highest BCUT2D eigenvalue weighted by atomic mass is 15.1. The van der Waals surface area contributed by atoms with Crippen molar-refractivity contribution in [3.8, 4) is 0 Å². The maximum atomic E-state index is 3.55. The van der Waals surface area contributed by atoms with Crippen molar-refractivity contribution in [2.24, 2.45) is 11.8 Å². The van der Waals surface area contributed by atoms with Gasteiger partial charge in [0, 0.05) is 19.1 Å². The molecule has 0 aromatic heterocycles. The molecule has 94 valence electrons. The monoisotopic (exact) mass is 224 g/mol. The fourth-order valence-electron chi connectivity index (χ4n) is 3.51. The summed E-state index contributed by atoms with van der Waals surface area (Å²) in [5.74, 6) is 1.83. The molecule has 1 heterocycles. The number of hydrogen-bond acceptors (Lipinski definition) is 2. The molecule has 1 aliphatic heterocycles. The van der Waals surface area contributed by atoms with Crippen molar-refractivity contribution in [1.29, 1.82) is 0 Å². The quantitative estimate of drug-likeness (QED) is 0.741. The third-order valence-corrected chi connectivity index (χ3v) is 4.53. The standard InChI is InChI=1S/C14H28N2/c1-12-8-9-16(10-12)11-13-6-4-3-5-7-14(13)15-2/h12-15H,3-11H2,1-2H3. The molecule has 2 heteroatoms. The lowest BCUT2D eigenvalue weighted by Crippen LogP contribution is -2.39. The Bertz CT molecular complexity index is 205. The Kier molecular flexibility index (Phi) is 4.66. The van der Waals surface area contributed by atoms with E-state index in [0.717, 1.165) is 17.9 Å². The Balaban J connectivity index is 1.85. The number of likely N-dealkylation sites (tertiary alicyclic amines) is 1.